The number of hydrogen-bond acceptors (Lipinski definition) is 5. The van der Waals surface area contributed by atoms with E-state index in [4.69, 9.17) is 0 Å². The van der Waals surface area contributed by atoms with E-state index in [1.165, 1.54) is 15.1 Å². The largest absolute Gasteiger partial charge is 0.352 e. The van der Waals surface area contributed by atoms with Gasteiger partial charge in [-0.05, 0) is 31.0 Å². The van der Waals surface area contributed by atoms with Crippen LogP contribution in [0.25, 0.3) is 5.65 Å². The van der Waals surface area contributed by atoms with Gasteiger partial charge in [-0.25, -0.2) is 9.67 Å². The fourth-order valence-corrected chi connectivity index (χ4v) is 3.24. The molecule has 0 saturated carbocycles. The minimum absolute atomic E-state index is 0.101. The molecule has 3 aromatic rings. The second kappa shape index (κ2) is 5.92. The summed E-state index contributed by atoms with van der Waals surface area (Å²) < 4.78 is 2.99. The SMILES string of the molecule is O=c1cccnn1CC1CCCN1c1cc(=O)n2ccccc2n1. The van der Waals surface area contributed by atoms with Gasteiger partial charge in [-0.3, -0.25) is 14.0 Å². The number of anilines is 1. The monoisotopic (exact) mass is 323 g/mol. The van der Waals surface area contributed by atoms with Crippen molar-refractivity contribution < 1.29 is 0 Å². The summed E-state index contributed by atoms with van der Waals surface area (Å²) in [5.41, 5.74) is 0.410. The Labute approximate surface area is 137 Å². The maximum atomic E-state index is 12.3. The van der Waals surface area contributed by atoms with Crippen molar-refractivity contribution in [2.45, 2.75) is 25.4 Å². The van der Waals surface area contributed by atoms with Gasteiger partial charge >= 0.3 is 0 Å². The molecule has 1 aliphatic rings. The van der Waals surface area contributed by atoms with E-state index >= 15 is 0 Å². The van der Waals surface area contributed by atoms with Crippen LogP contribution in [0.3, 0.4) is 0 Å². The van der Waals surface area contributed by atoms with Crippen molar-refractivity contribution in [3.8, 4) is 0 Å². The molecule has 24 heavy (non-hydrogen) atoms. The molecule has 1 unspecified atom stereocenters. The standard InChI is InChI=1S/C17H17N5O2/c23-16-7-3-8-18-22(16)12-13-5-4-10-20(13)15-11-17(24)21-9-2-1-6-14(21)19-15/h1-3,6-9,11,13H,4-5,10,12H2. The van der Waals surface area contributed by atoms with Crippen molar-refractivity contribution in [3.63, 3.8) is 0 Å². The van der Waals surface area contributed by atoms with Crippen molar-refractivity contribution in [2.24, 2.45) is 0 Å². The van der Waals surface area contributed by atoms with Crippen LogP contribution in [0, 0.1) is 0 Å². The van der Waals surface area contributed by atoms with Crippen LogP contribution < -0.4 is 16.0 Å². The van der Waals surface area contributed by atoms with Crippen LogP contribution in [0.5, 0.6) is 0 Å². The number of pyridine rings is 1. The topological polar surface area (TPSA) is 72.5 Å². The third-order valence-corrected chi connectivity index (χ3v) is 4.40. The van der Waals surface area contributed by atoms with Gasteiger partial charge in [0.25, 0.3) is 11.1 Å². The Kier molecular flexibility index (Phi) is 3.60. The maximum absolute atomic E-state index is 12.3. The first-order chi connectivity index (χ1) is 11.7. The number of hydrogen-bond donors (Lipinski definition) is 0. The van der Waals surface area contributed by atoms with Crippen LogP contribution in [-0.2, 0) is 6.54 Å². The predicted octanol–water partition coefficient (Wildman–Crippen LogP) is 0.920. The highest BCUT2D eigenvalue weighted by Crippen LogP contribution is 2.24. The number of rotatable bonds is 3. The lowest BCUT2D eigenvalue weighted by atomic mass is 10.2. The zero-order chi connectivity index (χ0) is 16.5. The average molecular weight is 323 g/mol. The normalized spacial score (nSPS) is 17.5. The van der Waals surface area contributed by atoms with Gasteiger partial charge in [-0.2, -0.15) is 5.10 Å². The Balaban J connectivity index is 1.69. The van der Waals surface area contributed by atoms with Gasteiger partial charge in [-0.15, -0.1) is 0 Å². The van der Waals surface area contributed by atoms with Gasteiger partial charge in [0.15, 0.2) is 0 Å². The lowest BCUT2D eigenvalue weighted by Crippen LogP contribution is -2.38. The number of aromatic nitrogens is 4. The quantitative estimate of drug-likeness (QED) is 0.717. The first kappa shape index (κ1) is 14.6. The van der Waals surface area contributed by atoms with Gasteiger partial charge in [0.2, 0.25) is 0 Å². The van der Waals surface area contributed by atoms with E-state index in [-0.39, 0.29) is 17.2 Å². The van der Waals surface area contributed by atoms with E-state index in [1.807, 2.05) is 18.2 Å². The molecule has 0 aromatic carbocycles. The highest BCUT2D eigenvalue weighted by molar-refractivity contribution is 5.49. The molecule has 7 heteroatoms. The van der Waals surface area contributed by atoms with Gasteiger partial charge in [0, 0.05) is 31.1 Å². The maximum Gasteiger partial charge on any atom is 0.266 e. The molecule has 0 amide bonds. The summed E-state index contributed by atoms with van der Waals surface area (Å²) in [6.07, 6.45) is 5.27. The molecule has 122 valence electrons. The van der Waals surface area contributed by atoms with Crippen LogP contribution >= 0.6 is 0 Å². The average Bonchev–Trinajstić information content (AvgIpc) is 3.05. The summed E-state index contributed by atoms with van der Waals surface area (Å²) in [7, 11) is 0. The molecule has 0 spiro atoms. The summed E-state index contributed by atoms with van der Waals surface area (Å²) in [5, 5.41) is 4.13. The van der Waals surface area contributed by atoms with E-state index < -0.39 is 0 Å². The first-order valence-corrected chi connectivity index (χ1v) is 7.99. The minimum atomic E-state index is -0.115. The summed E-state index contributed by atoms with van der Waals surface area (Å²) in [5.74, 6) is 0.665. The third-order valence-electron chi connectivity index (χ3n) is 4.40. The lowest BCUT2D eigenvalue weighted by molar-refractivity contribution is 0.487. The Bertz CT molecular complexity index is 994. The van der Waals surface area contributed by atoms with Crippen molar-refractivity contribution in [2.75, 3.05) is 11.4 Å². The molecule has 1 aliphatic heterocycles. The molecule has 7 nitrogen and oxygen atoms in total. The van der Waals surface area contributed by atoms with Crippen molar-refractivity contribution in [1.29, 1.82) is 0 Å². The highest BCUT2D eigenvalue weighted by atomic mass is 16.1. The van der Waals surface area contributed by atoms with Crippen molar-refractivity contribution in [3.05, 3.63) is 69.5 Å². The van der Waals surface area contributed by atoms with Crippen LogP contribution in [-0.4, -0.2) is 31.8 Å². The van der Waals surface area contributed by atoms with Crippen LogP contribution in [0.1, 0.15) is 12.8 Å². The molecular formula is C17H17N5O2. The number of nitrogens with zero attached hydrogens (tertiary/aromatic N) is 5. The zero-order valence-electron chi connectivity index (χ0n) is 13.1. The number of fused-ring (bicyclic) bond motifs is 1. The van der Waals surface area contributed by atoms with E-state index in [2.05, 4.69) is 15.0 Å². The van der Waals surface area contributed by atoms with E-state index in [1.54, 1.807) is 24.5 Å². The molecular weight excluding hydrogens is 306 g/mol. The van der Waals surface area contributed by atoms with Crippen LogP contribution in [0.2, 0.25) is 0 Å². The van der Waals surface area contributed by atoms with Gasteiger partial charge in [0.05, 0.1) is 12.6 Å². The Hall–Kier alpha value is -2.96. The van der Waals surface area contributed by atoms with Crippen molar-refractivity contribution in [1.82, 2.24) is 19.2 Å². The minimum Gasteiger partial charge on any atom is -0.352 e. The van der Waals surface area contributed by atoms with Gasteiger partial charge in [0.1, 0.15) is 11.5 Å². The molecule has 4 rings (SSSR count). The van der Waals surface area contributed by atoms with E-state index in [0.29, 0.717) is 18.0 Å². The smallest absolute Gasteiger partial charge is 0.266 e. The predicted molar refractivity (Wildman–Crippen MR) is 90.3 cm³/mol. The molecule has 3 aromatic heterocycles. The van der Waals surface area contributed by atoms with Crippen LogP contribution in [0.15, 0.2) is 58.4 Å². The lowest BCUT2D eigenvalue weighted by Gasteiger charge is -2.25. The molecule has 0 radical (unpaired) electrons. The van der Waals surface area contributed by atoms with Crippen LogP contribution in [0.4, 0.5) is 5.82 Å². The zero-order valence-corrected chi connectivity index (χ0v) is 13.1. The fourth-order valence-electron chi connectivity index (χ4n) is 3.24. The Morgan fingerprint density at radius 1 is 1.12 bits per heavy atom. The molecule has 1 atom stereocenters. The Morgan fingerprint density at radius 2 is 2.04 bits per heavy atom. The van der Waals surface area contributed by atoms with E-state index in [0.717, 1.165) is 19.4 Å². The summed E-state index contributed by atoms with van der Waals surface area (Å²) in [6.45, 7) is 1.32. The second-order valence-electron chi connectivity index (χ2n) is 5.91. The molecule has 1 fully saturated rings. The summed E-state index contributed by atoms with van der Waals surface area (Å²) in [6, 6.07) is 10.3. The molecule has 1 saturated heterocycles. The third kappa shape index (κ3) is 2.58. The molecule has 0 bridgehead atoms. The second-order valence-corrected chi connectivity index (χ2v) is 5.91. The van der Waals surface area contributed by atoms with Gasteiger partial charge in [-0.1, -0.05) is 6.07 Å². The van der Waals surface area contributed by atoms with E-state index in [9.17, 15) is 9.59 Å². The summed E-state index contributed by atoms with van der Waals surface area (Å²) in [4.78, 5) is 30.9. The first-order valence-electron chi connectivity index (χ1n) is 7.99. The van der Waals surface area contributed by atoms with Crippen molar-refractivity contribution >= 4 is 11.5 Å². The summed E-state index contributed by atoms with van der Waals surface area (Å²) >= 11 is 0. The molecule has 0 N–H and O–H groups in total. The molecule has 0 aliphatic carbocycles. The molecule has 4 heterocycles. The fraction of sp³-hybridized carbons (Fsp3) is 0.294. The highest BCUT2D eigenvalue weighted by Gasteiger charge is 2.27. The van der Waals surface area contributed by atoms with Gasteiger partial charge < -0.3 is 4.90 Å². The Morgan fingerprint density at radius 3 is 2.92 bits per heavy atom.